The molecule has 1 amide bonds. The van der Waals surface area contributed by atoms with Gasteiger partial charge in [-0.05, 0) is 24.1 Å². The van der Waals surface area contributed by atoms with E-state index >= 15 is 0 Å². The van der Waals surface area contributed by atoms with Crippen LogP contribution < -0.4 is 5.73 Å². The van der Waals surface area contributed by atoms with E-state index in [9.17, 15) is 4.79 Å². The molecule has 0 radical (unpaired) electrons. The van der Waals surface area contributed by atoms with Crippen LogP contribution in [0.4, 0.5) is 0 Å². The lowest BCUT2D eigenvalue weighted by atomic mass is 10.1. The van der Waals surface area contributed by atoms with E-state index in [0.29, 0.717) is 25.5 Å². The van der Waals surface area contributed by atoms with Crippen LogP contribution in [-0.2, 0) is 17.8 Å². The number of benzene rings is 2. The first-order valence-electron chi connectivity index (χ1n) is 9.02. The molecule has 0 unspecified atom stereocenters. The Hall–Kier alpha value is -3.06. The number of rotatable bonds is 8. The Labute approximate surface area is 158 Å². The Morgan fingerprint density at radius 2 is 1.81 bits per heavy atom. The van der Waals surface area contributed by atoms with Crippen LogP contribution in [0, 0.1) is 6.92 Å². The third kappa shape index (κ3) is 5.21. The molecule has 0 spiro atoms. The summed E-state index contributed by atoms with van der Waals surface area (Å²) in [5.41, 5.74) is 8.91. The van der Waals surface area contributed by atoms with Gasteiger partial charge in [-0.1, -0.05) is 60.2 Å². The second-order valence-corrected chi connectivity index (χ2v) is 6.41. The molecular weight excluding hydrogens is 340 g/mol. The van der Waals surface area contributed by atoms with Crippen molar-refractivity contribution in [3.8, 4) is 11.4 Å². The minimum atomic E-state index is -0.0655. The molecule has 0 fully saturated rings. The molecule has 3 aromatic rings. The van der Waals surface area contributed by atoms with Crippen molar-refractivity contribution in [1.29, 1.82) is 0 Å². The Morgan fingerprint density at radius 3 is 2.52 bits per heavy atom. The fourth-order valence-electron chi connectivity index (χ4n) is 2.78. The first kappa shape index (κ1) is 18.7. The van der Waals surface area contributed by atoms with Gasteiger partial charge in [0.15, 0.2) is 0 Å². The van der Waals surface area contributed by atoms with E-state index in [4.69, 9.17) is 5.73 Å². The van der Waals surface area contributed by atoms with Crippen LogP contribution >= 0.6 is 0 Å². The Balaban J connectivity index is 1.62. The van der Waals surface area contributed by atoms with Crippen LogP contribution in [0.3, 0.4) is 0 Å². The van der Waals surface area contributed by atoms with Crippen LogP contribution in [0.15, 0.2) is 54.6 Å². The minimum Gasteiger partial charge on any atom is -0.339 e. The van der Waals surface area contributed by atoms with Gasteiger partial charge in [-0.25, -0.2) is 0 Å². The van der Waals surface area contributed by atoms with E-state index < -0.39 is 0 Å². The summed E-state index contributed by atoms with van der Waals surface area (Å²) in [4.78, 5) is 15.7. The zero-order valence-electron chi connectivity index (χ0n) is 15.5. The van der Waals surface area contributed by atoms with Gasteiger partial charge >= 0.3 is 0 Å². The first-order valence-corrected chi connectivity index (χ1v) is 9.02. The molecule has 7 heteroatoms. The number of amides is 1. The topological polar surface area (TPSA) is 89.9 Å². The fraction of sp³-hybridized carbons (Fsp3) is 0.300. The molecule has 0 bridgehead atoms. The van der Waals surface area contributed by atoms with Crippen LogP contribution in [0.1, 0.15) is 11.1 Å². The molecule has 0 aliphatic heterocycles. The summed E-state index contributed by atoms with van der Waals surface area (Å²) >= 11 is 0. The summed E-state index contributed by atoms with van der Waals surface area (Å²) in [6.45, 7) is 3.60. The van der Waals surface area contributed by atoms with Gasteiger partial charge in [0.25, 0.3) is 0 Å². The van der Waals surface area contributed by atoms with Gasteiger partial charge in [-0.2, -0.15) is 4.80 Å². The van der Waals surface area contributed by atoms with E-state index in [1.165, 1.54) is 10.4 Å². The lowest BCUT2D eigenvalue weighted by molar-refractivity contribution is -0.132. The molecule has 27 heavy (non-hydrogen) atoms. The second-order valence-electron chi connectivity index (χ2n) is 6.41. The normalized spacial score (nSPS) is 10.7. The third-order valence-electron chi connectivity index (χ3n) is 4.30. The average Bonchev–Trinajstić information content (AvgIpc) is 3.15. The molecule has 1 heterocycles. The van der Waals surface area contributed by atoms with Crippen LogP contribution in [0.5, 0.6) is 0 Å². The summed E-state index contributed by atoms with van der Waals surface area (Å²) in [7, 11) is 0. The van der Waals surface area contributed by atoms with Gasteiger partial charge in [-0.15, -0.1) is 10.2 Å². The van der Waals surface area contributed by atoms with E-state index in [1.807, 2.05) is 49.4 Å². The Morgan fingerprint density at radius 1 is 1.07 bits per heavy atom. The summed E-state index contributed by atoms with van der Waals surface area (Å²) in [6, 6.07) is 18.0. The minimum absolute atomic E-state index is 0.0493. The van der Waals surface area contributed by atoms with Crippen molar-refractivity contribution >= 4 is 5.91 Å². The molecule has 140 valence electrons. The highest BCUT2D eigenvalue weighted by molar-refractivity contribution is 5.75. The van der Waals surface area contributed by atoms with Gasteiger partial charge < -0.3 is 10.6 Å². The number of tetrazole rings is 1. The largest absolute Gasteiger partial charge is 0.339 e. The highest BCUT2D eigenvalue weighted by Crippen LogP contribution is 2.14. The predicted molar refractivity (Wildman–Crippen MR) is 104 cm³/mol. The number of nitrogens with two attached hydrogens (primary N) is 1. The summed E-state index contributed by atoms with van der Waals surface area (Å²) in [5.74, 6) is 0.446. The van der Waals surface area contributed by atoms with Crippen LogP contribution in [-0.4, -0.2) is 50.6 Å². The Kier molecular flexibility index (Phi) is 6.27. The standard InChI is InChI=1S/C20H24N6O/c1-16-7-9-18(10-8-16)20-22-24-26(23-20)15-19(27)25(14-12-21)13-11-17-5-3-2-4-6-17/h2-10H,11-15,21H2,1H3. The van der Waals surface area contributed by atoms with E-state index in [2.05, 4.69) is 27.5 Å². The van der Waals surface area contributed by atoms with E-state index in [0.717, 1.165) is 17.5 Å². The number of carbonyl (C=O) groups is 1. The van der Waals surface area contributed by atoms with Crippen LogP contribution in [0.2, 0.25) is 0 Å². The van der Waals surface area contributed by atoms with Crippen molar-refractivity contribution in [2.75, 3.05) is 19.6 Å². The highest BCUT2D eigenvalue weighted by Gasteiger charge is 2.15. The maximum Gasteiger partial charge on any atom is 0.246 e. The van der Waals surface area contributed by atoms with Gasteiger partial charge in [0.2, 0.25) is 11.7 Å². The molecule has 2 aromatic carbocycles. The number of hydrogen-bond donors (Lipinski definition) is 1. The molecule has 0 saturated heterocycles. The van der Waals surface area contributed by atoms with Gasteiger partial charge in [0.1, 0.15) is 6.54 Å². The molecule has 0 aliphatic carbocycles. The molecular formula is C20H24N6O. The van der Waals surface area contributed by atoms with Gasteiger partial charge in [0.05, 0.1) is 0 Å². The van der Waals surface area contributed by atoms with Crippen molar-refractivity contribution in [2.24, 2.45) is 5.73 Å². The number of nitrogens with zero attached hydrogens (tertiary/aromatic N) is 5. The van der Waals surface area contributed by atoms with Crippen molar-refractivity contribution in [3.63, 3.8) is 0 Å². The SMILES string of the molecule is Cc1ccc(-c2nnn(CC(=O)N(CCN)CCc3ccccc3)n2)cc1. The molecule has 0 saturated carbocycles. The fourth-order valence-corrected chi connectivity index (χ4v) is 2.78. The van der Waals surface area contributed by atoms with Crippen molar-refractivity contribution in [3.05, 3.63) is 65.7 Å². The van der Waals surface area contributed by atoms with Crippen molar-refractivity contribution in [1.82, 2.24) is 25.1 Å². The van der Waals surface area contributed by atoms with Gasteiger partial charge in [0, 0.05) is 25.2 Å². The predicted octanol–water partition coefficient (Wildman–Crippen LogP) is 1.68. The molecule has 0 aliphatic rings. The molecule has 1 aromatic heterocycles. The number of aryl methyl sites for hydroxylation is 1. The highest BCUT2D eigenvalue weighted by atomic mass is 16.2. The Bertz CT molecular complexity index is 860. The summed E-state index contributed by atoms with van der Waals surface area (Å²) in [6.07, 6.45) is 0.784. The zero-order chi connectivity index (χ0) is 19.1. The second kappa shape index (κ2) is 9.05. The molecule has 2 N–H and O–H groups in total. The van der Waals surface area contributed by atoms with Crippen LogP contribution in [0.25, 0.3) is 11.4 Å². The van der Waals surface area contributed by atoms with E-state index in [1.54, 1.807) is 4.90 Å². The monoisotopic (exact) mass is 364 g/mol. The first-order chi connectivity index (χ1) is 13.2. The van der Waals surface area contributed by atoms with Crippen molar-refractivity contribution in [2.45, 2.75) is 19.9 Å². The maximum absolute atomic E-state index is 12.7. The lowest BCUT2D eigenvalue weighted by Crippen LogP contribution is -2.39. The van der Waals surface area contributed by atoms with Crippen molar-refractivity contribution < 1.29 is 4.79 Å². The third-order valence-corrected chi connectivity index (χ3v) is 4.30. The summed E-state index contributed by atoms with van der Waals surface area (Å²) in [5, 5.41) is 12.4. The maximum atomic E-state index is 12.7. The van der Waals surface area contributed by atoms with Gasteiger partial charge in [-0.3, -0.25) is 4.79 Å². The van der Waals surface area contributed by atoms with E-state index in [-0.39, 0.29) is 12.5 Å². The average molecular weight is 364 g/mol. The zero-order valence-corrected chi connectivity index (χ0v) is 15.5. The number of hydrogen-bond acceptors (Lipinski definition) is 5. The summed E-state index contributed by atoms with van der Waals surface area (Å²) < 4.78 is 0. The number of carbonyl (C=O) groups excluding carboxylic acids is 1. The molecule has 7 nitrogen and oxygen atoms in total. The smallest absolute Gasteiger partial charge is 0.246 e. The lowest BCUT2D eigenvalue weighted by Gasteiger charge is -2.21. The quantitative estimate of drug-likeness (QED) is 0.657. The number of aromatic nitrogens is 4. The molecule has 0 atom stereocenters. The molecule has 3 rings (SSSR count).